The number of nitrogens with two attached hydrogens (primary N) is 1. The first-order valence-electron chi connectivity index (χ1n) is 11.2. The highest BCUT2D eigenvalue weighted by Gasteiger charge is 2.37. The first kappa shape index (κ1) is 24.3. The molecule has 33 heavy (non-hydrogen) atoms. The fraction of sp³-hybridized carbons (Fsp3) is 0.500. The molecule has 4 N–H and O–H groups in total. The molecule has 4 heterocycles. The van der Waals surface area contributed by atoms with Gasteiger partial charge in [-0.25, -0.2) is 9.97 Å². The third-order valence-electron chi connectivity index (χ3n) is 5.87. The molecule has 11 heteroatoms. The van der Waals surface area contributed by atoms with Crippen molar-refractivity contribution in [3.05, 3.63) is 34.6 Å². The molecule has 11 nitrogen and oxygen atoms in total. The fourth-order valence-electron chi connectivity index (χ4n) is 4.39. The van der Waals surface area contributed by atoms with Gasteiger partial charge >= 0.3 is 0 Å². The van der Waals surface area contributed by atoms with Gasteiger partial charge in [0.15, 0.2) is 5.65 Å². The molecule has 2 unspecified atom stereocenters. The maximum Gasteiger partial charge on any atom is 0.293 e. The number of hydrogen-bond donors (Lipinski definition) is 3. The number of aromatic amines is 1. The van der Waals surface area contributed by atoms with Crippen LogP contribution in [0.5, 0.6) is 0 Å². The Labute approximate surface area is 193 Å². The van der Waals surface area contributed by atoms with Crippen LogP contribution in [-0.2, 0) is 0 Å². The van der Waals surface area contributed by atoms with E-state index in [9.17, 15) is 10.1 Å². The van der Waals surface area contributed by atoms with Gasteiger partial charge in [0.05, 0.1) is 11.3 Å². The van der Waals surface area contributed by atoms with Crippen LogP contribution in [0.3, 0.4) is 0 Å². The van der Waals surface area contributed by atoms with Gasteiger partial charge < -0.3 is 25.8 Å². The van der Waals surface area contributed by atoms with Crippen molar-refractivity contribution in [3.8, 4) is 11.3 Å². The summed E-state index contributed by atoms with van der Waals surface area (Å²) in [6.07, 6.45) is 1.58. The number of imidazole rings is 1. The van der Waals surface area contributed by atoms with Crippen LogP contribution < -0.4 is 20.9 Å². The minimum absolute atomic E-state index is 0.0436. The SMILES string of the molecule is CC.CN.CN(C)c1ccc(-c2nc(N3CC4CNCC4C3)nc3nc[nH]c23)cc1[N+](=O)[O-]. The molecule has 0 amide bonds. The van der Waals surface area contributed by atoms with Crippen LogP contribution in [0.1, 0.15) is 13.8 Å². The van der Waals surface area contributed by atoms with Crippen LogP contribution in [0.4, 0.5) is 17.3 Å². The third-order valence-corrected chi connectivity index (χ3v) is 5.87. The Balaban J connectivity index is 0.000000728. The second-order valence-corrected chi connectivity index (χ2v) is 7.91. The average Bonchev–Trinajstić information content (AvgIpc) is 3.56. The van der Waals surface area contributed by atoms with E-state index in [2.05, 4.69) is 30.9 Å². The van der Waals surface area contributed by atoms with Crippen LogP contribution >= 0.6 is 0 Å². The largest absolute Gasteiger partial charge is 0.372 e. The molecular weight excluding hydrogens is 422 g/mol. The lowest BCUT2D eigenvalue weighted by atomic mass is 10.0. The quantitative estimate of drug-likeness (QED) is 0.399. The number of rotatable bonds is 4. The maximum atomic E-state index is 11.6. The molecule has 5 rings (SSSR count). The molecule has 0 bridgehead atoms. The van der Waals surface area contributed by atoms with Gasteiger partial charge in [-0.15, -0.1) is 0 Å². The minimum atomic E-state index is -0.361. The summed E-state index contributed by atoms with van der Waals surface area (Å²) in [4.78, 5) is 32.1. The smallest absolute Gasteiger partial charge is 0.293 e. The highest BCUT2D eigenvalue weighted by molar-refractivity contribution is 5.89. The molecular formula is C22H33N9O2. The van der Waals surface area contributed by atoms with E-state index in [0.29, 0.717) is 45.9 Å². The Hall–Kier alpha value is -3.31. The minimum Gasteiger partial charge on any atom is -0.372 e. The standard InChI is InChI=1S/C19H22N8O2.C2H6.CH5N/c1-25(2)14-4-3-11(5-15(14)27(28)29)16-17-18(22-10-21-17)24-19(23-16)26-8-12-6-20-7-13(12)9-26;2*1-2/h3-5,10,12-13,20H,6-9H2,1-2H3,(H,21,22,23,24);1-2H3;2H2,1H3. The van der Waals surface area contributed by atoms with E-state index >= 15 is 0 Å². The van der Waals surface area contributed by atoms with Gasteiger partial charge in [0, 0.05) is 51.9 Å². The van der Waals surface area contributed by atoms with Crippen molar-refractivity contribution in [1.29, 1.82) is 0 Å². The van der Waals surface area contributed by atoms with Crippen LogP contribution in [0.2, 0.25) is 0 Å². The van der Waals surface area contributed by atoms with Gasteiger partial charge in [0.25, 0.3) is 5.69 Å². The van der Waals surface area contributed by atoms with E-state index in [-0.39, 0.29) is 10.6 Å². The third kappa shape index (κ3) is 4.74. The number of nitrogens with zero attached hydrogens (tertiary/aromatic N) is 6. The van der Waals surface area contributed by atoms with Crippen LogP contribution in [-0.4, -0.2) is 72.2 Å². The first-order valence-corrected chi connectivity index (χ1v) is 11.2. The van der Waals surface area contributed by atoms with Gasteiger partial charge in [0.1, 0.15) is 16.9 Å². The normalized spacial score (nSPS) is 18.8. The summed E-state index contributed by atoms with van der Waals surface area (Å²) in [7, 11) is 5.08. The molecule has 1 aromatic carbocycles. The van der Waals surface area contributed by atoms with Gasteiger partial charge in [0.2, 0.25) is 5.95 Å². The lowest BCUT2D eigenvalue weighted by molar-refractivity contribution is -0.384. The predicted molar refractivity (Wildman–Crippen MR) is 132 cm³/mol. The molecule has 2 aromatic heterocycles. The Morgan fingerprint density at radius 2 is 1.82 bits per heavy atom. The second-order valence-electron chi connectivity index (χ2n) is 7.91. The lowest BCUT2D eigenvalue weighted by Gasteiger charge is -2.18. The fourth-order valence-corrected chi connectivity index (χ4v) is 4.39. The van der Waals surface area contributed by atoms with E-state index in [1.165, 1.54) is 7.05 Å². The van der Waals surface area contributed by atoms with Crippen molar-refractivity contribution in [3.63, 3.8) is 0 Å². The monoisotopic (exact) mass is 455 g/mol. The Bertz CT molecular complexity index is 1090. The predicted octanol–water partition coefficient (Wildman–Crippen LogP) is 2.25. The molecule has 2 fully saturated rings. The molecule has 178 valence electrons. The zero-order valence-corrected chi connectivity index (χ0v) is 19.9. The number of nitro benzene ring substituents is 1. The number of aromatic nitrogens is 4. The molecule has 3 aromatic rings. The van der Waals surface area contributed by atoms with E-state index in [1.54, 1.807) is 37.5 Å². The van der Waals surface area contributed by atoms with Gasteiger partial charge in [-0.2, -0.15) is 4.98 Å². The zero-order chi connectivity index (χ0) is 24.1. The van der Waals surface area contributed by atoms with Crippen molar-refractivity contribution < 1.29 is 4.92 Å². The van der Waals surface area contributed by atoms with Crippen molar-refractivity contribution in [2.75, 3.05) is 57.1 Å². The summed E-state index contributed by atoms with van der Waals surface area (Å²) in [6.45, 7) is 7.87. The summed E-state index contributed by atoms with van der Waals surface area (Å²) >= 11 is 0. The van der Waals surface area contributed by atoms with Gasteiger partial charge in [-0.05, 0) is 24.9 Å². The van der Waals surface area contributed by atoms with Crippen LogP contribution in [0.15, 0.2) is 24.5 Å². The topological polar surface area (TPSA) is 142 Å². The van der Waals surface area contributed by atoms with Crippen molar-refractivity contribution in [2.45, 2.75) is 13.8 Å². The number of fused-ring (bicyclic) bond motifs is 2. The molecule has 0 spiro atoms. The number of nitrogens with one attached hydrogen (secondary N) is 2. The summed E-state index contributed by atoms with van der Waals surface area (Å²) in [6, 6.07) is 5.19. The summed E-state index contributed by atoms with van der Waals surface area (Å²) < 4.78 is 0. The maximum absolute atomic E-state index is 11.6. The second kappa shape index (κ2) is 10.5. The number of hydrogen-bond acceptors (Lipinski definition) is 9. The highest BCUT2D eigenvalue weighted by Crippen LogP contribution is 2.35. The van der Waals surface area contributed by atoms with Crippen molar-refractivity contribution >= 4 is 28.5 Å². The van der Waals surface area contributed by atoms with Crippen LogP contribution in [0.25, 0.3) is 22.4 Å². The molecule has 2 aliphatic heterocycles. The lowest BCUT2D eigenvalue weighted by Crippen LogP contribution is -2.27. The molecule has 0 radical (unpaired) electrons. The number of H-pyrrole nitrogens is 1. The molecule has 0 saturated carbocycles. The van der Waals surface area contributed by atoms with Crippen LogP contribution in [0, 0.1) is 22.0 Å². The van der Waals surface area contributed by atoms with E-state index in [0.717, 1.165) is 26.2 Å². The van der Waals surface area contributed by atoms with E-state index in [1.807, 2.05) is 19.9 Å². The number of benzene rings is 1. The molecule has 2 atom stereocenters. The highest BCUT2D eigenvalue weighted by atomic mass is 16.6. The van der Waals surface area contributed by atoms with Crippen molar-refractivity contribution in [2.24, 2.45) is 17.6 Å². The van der Waals surface area contributed by atoms with Gasteiger partial charge in [-0.3, -0.25) is 10.1 Å². The number of nitro groups is 1. The summed E-state index contributed by atoms with van der Waals surface area (Å²) in [5.74, 6) is 1.85. The Morgan fingerprint density at radius 1 is 1.15 bits per heavy atom. The Kier molecular flexibility index (Phi) is 7.77. The zero-order valence-electron chi connectivity index (χ0n) is 19.9. The van der Waals surface area contributed by atoms with E-state index in [4.69, 9.17) is 4.98 Å². The first-order chi connectivity index (χ1) is 16.0. The molecule has 2 aliphatic rings. The van der Waals surface area contributed by atoms with Gasteiger partial charge in [-0.1, -0.05) is 19.9 Å². The number of anilines is 2. The molecule has 2 saturated heterocycles. The molecule has 0 aliphatic carbocycles. The summed E-state index contributed by atoms with van der Waals surface area (Å²) in [5.41, 5.74) is 7.64. The van der Waals surface area contributed by atoms with Crippen molar-refractivity contribution in [1.82, 2.24) is 25.3 Å². The average molecular weight is 456 g/mol. The van der Waals surface area contributed by atoms with E-state index < -0.39 is 0 Å². The summed E-state index contributed by atoms with van der Waals surface area (Å²) in [5, 5.41) is 15.1. The Morgan fingerprint density at radius 3 is 2.42 bits per heavy atom.